The summed E-state index contributed by atoms with van der Waals surface area (Å²) in [4.78, 5) is 10.1. The van der Waals surface area contributed by atoms with E-state index < -0.39 is 21.5 Å². The van der Waals surface area contributed by atoms with Gasteiger partial charge in [0, 0.05) is 5.54 Å². The molecule has 0 aromatic rings. The van der Waals surface area contributed by atoms with E-state index in [9.17, 15) is 13.2 Å². The van der Waals surface area contributed by atoms with Crippen molar-refractivity contribution >= 4 is 16.0 Å². The number of aliphatic carboxylic acids is 1. The Morgan fingerprint density at radius 1 is 1.38 bits per heavy atom. The van der Waals surface area contributed by atoms with Crippen LogP contribution >= 0.6 is 0 Å². The molecule has 78 valence electrons. The van der Waals surface area contributed by atoms with E-state index in [0.717, 1.165) is 0 Å². The lowest BCUT2D eigenvalue weighted by atomic mass is 10.1. The smallest absolute Gasteiger partial charge is 0.304 e. The number of carboxylic acids is 1. The fourth-order valence-electron chi connectivity index (χ4n) is 0.739. The largest absolute Gasteiger partial charge is 0.481 e. The van der Waals surface area contributed by atoms with Crippen molar-refractivity contribution in [2.24, 2.45) is 0 Å². The van der Waals surface area contributed by atoms with Gasteiger partial charge in [0.2, 0.25) is 10.0 Å². The van der Waals surface area contributed by atoms with Gasteiger partial charge < -0.3 is 5.11 Å². The lowest BCUT2D eigenvalue weighted by Gasteiger charge is -2.19. The van der Waals surface area contributed by atoms with Crippen molar-refractivity contribution in [3.63, 3.8) is 0 Å². The molecule has 0 fully saturated rings. The normalized spacial score (nSPS) is 12.8. The van der Waals surface area contributed by atoms with Crippen LogP contribution in [0.3, 0.4) is 0 Å². The molecule has 0 aliphatic heterocycles. The first-order valence-electron chi connectivity index (χ1n) is 3.86. The molecule has 2 N–H and O–H groups in total. The maximum atomic E-state index is 11.2. The molecule has 0 bridgehead atoms. The molecule has 0 atom stereocenters. The number of carboxylic acid groups (broad SMARTS) is 1. The summed E-state index contributed by atoms with van der Waals surface area (Å²) in [5.41, 5.74) is -0.558. The topological polar surface area (TPSA) is 83.5 Å². The molecule has 5 nitrogen and oxygen atoms in total. The zero-order chi connectivity index (χ0) is 10.7. The van der Waals surface area contributed by atoms with Crippen molar-refractivity contribution in [1.29, 1.82) is 0 Å². The minimum Gasteiger partial charge on any atom is -0.481 e. The monoisotopic (exact) mass is 209 g/mol. The van der Waals surface area contributed by atoms with Gasteiger partial charge >= 0.3 is 5.97 Å². The number of rotatable bonds is 4. The van der Waals surface area contributed by atoms with Gasteiger partial charge in [0.05, 0.1) is 12.2 Å². The Hall–Kier alpha value is -0.620. The Morgan fingerprint density at radius 2 is 1.85 bits per heavy atom. The number of sulfonamides is 1. The highest BCUT2D eigenvalue weighted by Crippen LogP contribution is 2.02. The van der Waals surface area contributed by atoms with Crippen LogP contribution in [0.2, 0.25) is 0 Å². The molecule has 0 aromatic heterocycles. The molecular weight excluding hydrogens is 194 g/mol. The summed E-state index contributed by atoms with van der Waals surface area (Å²) in [6, 6.07) is 0. The van der Waals surface area contributed by atoms with Crippen LogP contribution in [-0.2, 0) is 14.8 Å². The minimum absolute atomic E-state index is 0.370. The third-order valence-corrected chi connectivity index (χ3v) is 2.71. The fourth-order valence-corrected chi connectivity index (χ4v) is 2.22. The minimum atomic E-state index is -3.47. The fraction of sp³-hybridized carbons (Fsp3) is 0.857. The summed E-state index contributed by atoms with van der Waals surface area (Å²) in [5, 5.41) is 8.28. The highest BCUT2D eigenvalue weighted by Gasteiger charge is 2.20. The SMILES string of the molecule is CC(C)(C)NS(=O)(=O)CCC(=O)O. The van der Waals surface area contributed by atoms with Crippen molar-refractivity contribution < 1.29 is 18.3 Å². The highest BCUT2D eigenvalue weighted by molar-refractivity contribution is 7.89. The highest BCUT2D eigenvalue weighted by atomic mass is 32.2. The average Bonchev–Trinajstić information content (AvgIpc) is 1.78. The van der Waals surface area contributed by atoms with Crippen LogP contribution in [-0.4, -0.2) is 30.8 Å². The van der Waals surface area contributed by atoms with Gasteiger partial charge in [0.1, 0.15) is 0 Å². The molecule has 6 heteroatoms. The van der Waals surface area contributed by atoms with E-state index in [2.05, 4.69) is 4.72 Å². The molecule has 0 saturated heterocycles. The Labute approximate surface area is 78.2 Å². The third-order valence-electron chi connectivity index (χ3n) is 1.05. The Balaban J connectivity index is 4.19. The van der Waals surface area contributed by atoms with Gasteiger partial charge in [0.25, 0.3) is 0 Å². The molecule has 0 radical (unpaired) electrons. The van der Waals surface area contributed by atoms with Crippen molar-refractivity contribution in [2.75, 3.05) is 5.75 Å². The second-order valence-electron chi connectivity index (χ2n) is 3.81. The molecule has 0 saturated carbocycles. The first kappa shape index (κ1) is 12.4. The van der Waals surface area contributed by atoms with E-state index in [0.29, 0.717) is 0 Å². The predicted molar refractivity (Wildman–Crippen MR) is 48.9 cm³/mol. The van der Waals surface area contributed by atoms with E-state index in [-0.39, 0.29) is 12.2 Å². The number of hydrogen-bond donors (Lipinski definition) is 2. The molecular formula is C7H15NO4S. The first-order valence-corrected chi connectivity index (χ1v) is 5.51. The summed E-state index contributed by atoms with van der Waals surface area (Å²) in [5.74, 6) is -1.49. The zero-order valence-electron chi connectivity index (χ0n) is 7.99. The quantitative estimate of drug-likeness (QED) is 0.691. The Kier molecular flexibility index (Phi) is 3.87. The number of carbonyl (C=O) groups is 1. The Morgan fingerprint density at radius 3 is 2.15 bits per heavy atom. The first-order chi connectivity index (χ1) is 5.62. The lowest BCUT2D eigenvalue weighted by molar-refractivity contribution is -0.136. The predicted octanol–water partition coefficient (Wildman–Crippen LogP) is 0.179. The van der Waals surface area contributed by atoms with Gasteiger partial charge in [-0.05, 0) is 20.8 Å². The second-order valence-corrected chi connectivity index (χ2v) is 5.66. The van der Waals surface area contributed by atoms with Crippen LogP contribution in [0.15, 0.2) is 0 Å². The maximum Gasteiger partial charge on any atom is 0.304 e. The molecule has 0 aliphatic rings. The molecule has 0 unspecified atom stereocenters. The van der Waals surface area contributed by atoms with Crippen LogP contribution in [0.5, 0.6) is 0 Å². The number of nitrogens with one attached hydrogen (secondary N) is 1. The van der Waals surface area contributed by atoms with Gasteiger partial charge in [-0.15, -0.1) is 0 Å². The maximum absolute atomic E-state index is 11.2. The summed E-state index contributed by atoms with van der Waals surface area (Å²) < 4.78 is 24.7. The van der Waals surface area contributed by atoms with E-state index >= 15 is 0 Å². The van der Waals surface area contributed by atoms with Gasteiger partial charge in [-0.3, -0.25) is 4.79 Å². The van der Waals surface area contributed by atoms with E-state index in [1.807, 2.05) is 0 Å². The van der Waals surface area contributed by atoms with Crippen molar-refractivity contribution in [2.45, 2.75) is 32.7 Å². The third kappa shape index (κ3) is 7.73. The van der Waals surface area contributed by atoms with Gasteiger partial charge in [0.15, 0.2) is 0 Å². The average molecular weight is 209 g/mol. The summed E-state index contributed by atoms with van der Waals surface area (Å²) in [6.07, 6.45) is -0.370. The number of hydrogen-bond acceptors (Lipinski definition) is 3. The summed E-state index contributed by atoms with van der Waals surface area (Å²) in [6.45, 7) is 5.10. The van der Waals surface area contributed by atoms with Gasteiger partial charge in [-0.1, -0.05) is 0 Å². The van der Waals surface area contributed by atoms with Crippen LogP contribution in [0.4, 0.5) is 0 Å². The van der Waals surface area contributed by atoms with Crippen LogP contribution in [0.1, 0.15) is 27.2 Å². The molecule has 13 heavy (non-hydrogen) atoms. The summed E-state index contributed by atoms with van der Waals surface area (Å²) >= 11 is 0. The summed E-state index contributed by atoms with van der Waals surface area (Å²) in [7, 11) is -3.47. The molecule has 0 amide bonds. The van der Waals surface area contributed by atoms with Gasteiger partial charge in [-0.2, -0.15) is 0 Å². The van der Waals surface area contributed by atoms with Crippen LogP contribution in [0.25, 0.3) is 0 Å². The van der Waals surface area contributed by atoms with Gasteiger partial charge in [-0.25, -0.2) is 13.1 Å². The molecule has 0 aliphatic carbocycles. The Bertz CT molecular complexity index is 275. The standard InChI is InChI=1S/C7H15NO4S/c1-7(2,3)8-13(11,12)5-4-6(9)10/h8H,4-5H2,1-3H3,(H,9,10). The van der Waals surface area contributed by atoms with E-state index in [1.54, 1.807) is 20.8 Å². The van der Waals surface area contributed by atoms with Crippen molar-refractivity contribution in [3.05, 3.63) is 0 Å². The molecule has 0 rings (SSSR count). The van der Waals surface area contributed by atoms with Crippen LogP contribution in [0, 0.1) is 0 Å². The lowest BCUT2D eigenvalue weighted by Crippen LogP contribution is -2.42. The second kappa shape index (κ2) is 4.06. The van der Waals surface area contributed by atoms with Crippen molar-refractivity contribution in [3.8, 4) is 0 Å². The van der Waals surface area contributed by atoms with Crippen LogP contribution < -0.4 is 4.72 Å². The van der Waals surface area contributed by atoms with E-state index in [4.69, 9.17) is 5.11 Å². The zero-order valence-corrected chi connectivity index (χ0v) is 8.81. The molecule has 0 spiro atoms. The molecule has 0 aromatic carbocycles. The molecule has 0 heterocycles. The van der Waals surface area contributed by atoms with Crippen molar-refractivity contribution in [1.82, 2.24) is 4.72 Å². The van der Waals surface area contributed by atoms with E-state index in [1.165, 1.54) is 0 Å².